The number of hydrogen-bond donors (Lipinski definition) is 1. The number of carbonyl (C=O) groups is 1. The molecule has 6 nitrogen and oxygen atoms in total. The van der Waals surface area contributed by atoms with Gasteiger partial charge in [0.15, 0.2) is 5.84 Å². The Labute approximate surface area is 174 Å². The number of hydrazone groups is 1. The van der Waals surface area contributed by atoms with Crippen molar-refractivity contribution in [3.8, 4) is 5.69 Å². The molecule has 4 rings (SSSR count). The number of nitrogens with one attached hydrogen (secondary N) is 1. The predicted octanol–water partition coefficient (Wildman–Crippen LogP) is 4.76. The number of fused-ring (bicyclic) bond motifs is 1. The molecule has 0 aliphatic carbocycles. The fourth-order valence-corrected chi connectivity index (χ4v) is 4.62. The highest BCUT2D eigenvalue weighted by Crippen LogP contribution is 2.31. The molecule has 0 saturated heterocycles. The fraction of sp³-hybridized carbons (Fsp3) is 0.273. The maximum atomic E-state index is 12.7. The van der Waals surface area contributed by atoms with Crippen molar-refractivity contribution in [2.24, 2.45) is 16.0 Å². The van der Waals surface area contributed by atoms with E-state index in [1.54, 1.807) is 6.08 Å². The smallest absolute Gasteiger partial charge is 0.283 e. The van der Waals surface area contributed by atoms with Crippen LogP contribution in [0.4, 0.5) is 0 Å². The van der Waals surface area contributed by atoms with Crippen LogP contribution in [0.1, 0.15) is 37.2 Å². The van der Waals surface area contributed by atoms with E-state index in [2.05, 4.69) is 28.5 Å². The molecule has 2 aliphatic rings. The summed E-state index contributed by atoms with van der Waals surface area (Å²) in [6.07, 6.45) is 2.56. The van der Waals surface area contributed by atoms with Gasteiger partial charge in [0.1, 0.15) is 5.04 Å². The summed E-state index contributed by atoms with van der Waals surface area (Å²) in [4.78, 5) is 16.8. The monoisotopic (exact) mass is 405 g/mol. The molecule has 1 aromatic heterocycles. The van der Waals surface area contributed by atoms with Crippen molar-refractivity contribution in [1.82, 2.24) is 9.58 Å². The molecule has 0 atom stereocenters. The average Bonchev–Trinajstić information content (AvgIpc) is 3.18. The van der Waals surface area contributed by atoms with Crippen LogP contribution >= 0.6 is 11.8 Å². The second kappa shape index (κ2) is 7.48. The number of nitrogens with zero attached hydrogens (tertiary/aromatic N) is 4. The number of aliphatic imine (C=N–C) groups is 1. The zero-order valence-corrected chi connectivity index (χ0v) is 17.7. The fourth-order valence-electron chi connectivity index (χ4n) is 3.53. The highest BCUT2D eigenvalue weighted by atomic mass is 32.2. The Balaban J connectivity index is 1.70. The molecule has 0 fully saturated rings. The van der Waals surface area contributed by atoms with Crippen LogP contribution in [-0.4, -0.2) is 31.5 Å². The van der Waals surface area contributed by atoms with Crippen LogP contribution in [0.3, 0.4) is 0 Å². The molecular formula is C22H23N5OS. The third-order valence-corrected chi connectivity index (χ3v) is 5.79. The van der Waals surface area contributed by atoms with E-state index in [-0.39, 0.29) is 17.3 Å². The van der Waals surface area contributed by atoms with Crippen LogP contribution in [0.25, 0.3) is 11.8 Å². The van der Waals surface area contributed by atoms with Gasteiger partial charge in [-0.15, -0.1) is 0 Å². The van der Waals surface area contributed by atoms with Gasteiger partial charge in [-0.3, -0.25) is 10.2 Å². The minimum Gasteiger partial charge on any atom is -0.318 e. The Morgan fingerprint density at radius 2 is 1.93 bits per heavy atom. The molecule has 2 aliphatic heterocycles. The predicted molar refractivity (Wildman–Crippen MR) is 120 cm³/mol. The summed E-state index contributed by atoms with van der Waals surface area (Å²) in [6, 6.07) is 12.1. The third-order valence-electron chi connectivity index (χ3n) is 4.86. The molecule has 0 saturated carbocycles. The summed E-state index contributed by atoms with van der Waals surface area (Å²) in [5, 5.41) is 15.9. The van der Waals surface area contributed by atoms with Gasteiger partial charge in [-0.05, 0) is 61.4 Å². The molecule has 148 valence electrons. The number of hydrogen-bond acceptors (Lipinski definition) is 4. The lowest BCUT2D eigenvalue weighted by molar-refractivity contribution is -0.114. The zero-order chi connectivity index (χ0) is 20.7. The number of carbonyl (C=O) groups excluding carboxylic acids is 1. The van der Waals surface area contributed by atoms with Crippen molar-refractivity contribution in [1.29, 1.82) is 5.41 Å². The first-order valence-electron chi connectivity index (χ1n) is 9.58. The van der Waals surface area contributed by atoms with Crippen molar-refractivity contribution in [2.75, 3.05) is 0 Å². The Morgan fingerprint density at radius 3 is 2.62 bits per heavy atom. The third kappa shape index (κ3) is 3.58. The van der Waals surface area contributed by atoms with Crippen LogP contribution in [0.15, 0.2) is 52.1 Å². The molecule has 0 bridgehead atoms. The van der Waals surface area contributed by atoms with Gasteiger partial charge in [-0.25, -0.2) is 0 Å². The Bertz CT molecular complexity index is 1090. The zero-order valence-electron chi connectivity index (χ0n) is 16.9. The lowest BCUT2D eigenvalue weighted by atomic mass is 10.1. The molecule has 1 aromatic carbocycles. The van der Waals surface area contributed by atoms with Gasteiger partial charge < -0.3 is 4.57 Å². The molecule has 0 unspecified atom stereocenters. The molecule has 0 radical (unpaired) electrons. The first-order chi connectivity index (χ1) is 13.8. The second-order valence-corrected chi connectivity index (χ2v) is 8.65. The van der Waals surface area contributed by atoms with E-state index in [0.29, 0.717) is 11.1 Å². The van der Waals surface area contributed by atoms with Gasteiger partial charge >= 0.3 is 0 Å². The summed E-state index contributed by atoms with van der Waals surface area (Å²) >= 11 is 1.38. The largest absolute Gasteiger partial charge is 0.318 e. The lowest BCUT2D eigenvalue weighted by Crippen LogP contribution is -2.35. The SMILES string of the molecule is Cc1cc(/C=C2\C(=N)N3N=C(CC(C)C)SC3=NC2=O)c(C)n1-c1ccccc1. The average molecular weight is 406 g/mol. The van der Waals surface area contributed by atoms with E-state index in [4.69, 9.17) is 5.41 Å². The molecule has 1 amide bonds. The molecule has 7 heteroatoms. The van der Waals surface area contributed by atoms with Crippen LogP contribution < -0.4 is 0 Å². The Kier molecular flexibility index (Phi) is 5.00. The first-order valence-corrected chi connectivity index (χ1v) is 10.4. The standard InChI is InChI=1S/C22H23N5OS/c1-13(2)10-19-25-27-20(23)18(21(28)24-22(27)29-19)12-16-11-14(3)26(15(16)4)17-8-6-5-7-9-17/h5-9,11-13,23H,10H2,1-4H3/b18-12+,23-20?. The molecule has 3 heterocycles. The normalized spacial score (nSPS) is 17.8. The highest BCUT2D eigenvalue weighted by Gasteiger charge is 2.35. The summed E-state index contributed by atoms with van der Waals surface area (Å²) in [6.45, 7) is 8.29. The number of amidine groups is 2. The Morgan fingerprint density at radius 1 is 1.21 bits per heavy atom. The Hall–Kier alpha value is -2.93. The quantitative estimate of drug-likeness (QED) is 0.745. The minimum absolute atomic E-state index is 0.0794. The molecule has 29 heavy (non-hydrogen) atoms. The van der Waals surface area contributed by atoms with Gasteiger partial charge in [-0.2, -0.15) is 15.1 Å². The van der Waals surface area contributed by atoms with E-state index < -0.39 is 0 Å². The number of amides is 1. The number of aryl methyl sites for hydroxylation is 1. The van der Waals surface area contributed by atoms with Gasteiger partial charge in [0, 0.05) is 23.5 Å². The van der Waals surface area contributed by atoms with Crippen molar-refractivity contribution in [3.05, 3.63) is 58.9 Å². The molecule has 2 aromatic rings. The van der Waals surface area contributed by atoms with E-state index in [9.17, 15) is 4.79 Å². The number of para-hydroxylation sites is 1. The number of thioether (sulfide) groups is 1. The van der Waals surface area contributed by atoms with E-state index in [1.165, 1.54) is 16.8 Å². The number of aromatic nitrogens is 1. The van der Waals surface area contributed by atoms with Gasteiger partial charge in [-0.1, -0.05) is 32.0 Å². The summed E-state index contributed by atoms with van der Waals surface area (Å²) < 4.78 is 2.14. The number of rotatable bonds is 4. The molecule has 0 spiro atoms. The highest BCUT2D eigenvalue weighted by molar-refractivity contribution is 8.26. The molecule has 1 N–H and O–H groups in total. The second-order valence-electron chi connectivity index (χ2n) is 7.61. The first kappa shape index (κ1) is 19.4. The lowest BCUT2D eigenvalue weighted by Gasteiger charge is -2.20. The van der Waals surface area contributed by atoms with Crippen LogP contribution in [0.2, 0.25) is 0 Å². The van der Waals surface area contributed by atoms with Crippen molar-refractivity contribution >= 4 is 39.8 Å². The van der Waals surface area contributed by atoms with Crippen molar-refractivity contribution in [2.45, 2.75) is 34.1 Å². The van der Waals surface area contributed by atoms with Crippen LogP contribution in [0, 0.1) is 25.2 Å². The maximum absolute atomic E-state index is 12.7. The van der Waals surface area contributed by atoms with E-state index in [0.717, 1.165) is 34.1 Å². The van der Waals surface area contributed by atoms with Gasteiger partial charge in [0.2, 0.25) is 5.17 Å². The van der Waals surface area contributed by atoms with E-state index >= 15 is 0 Å². The summed E-state index contributed by atoms with van der Waals surface area (Å²) in [5.74, 6) is 0.140. The van der Waals surface area contributed by atoms with Crippen molar-refractivity contribution < 1.29 is 4.79 Å². The maximum Gasteiger partial charge on any atom is 0.283 e. The number of benzene rings is 1. The van der Waals surface area contributed by atoms with Crippen molar-refractivity contribution in [3.63, 3.8) is 0 Å². The van der Waals surface area contributed by atoms with Crippen LogP contribution in [0.5, 0.6) is 0 Å². The molecular weight excluding hydrogens is 382 g/mol. The summed E-state index contributed by atoms with van der Waals surface area (Å²) in [7, 11) is 0. The minimum atomic E-state index is -0.390. The summed E-state index contributed by atoms with van der Waals surface area (Å²) in [5.41, 5.74) is 4.30. The van der Waals surface area contributed by atoms with Crippen LogP contribution in [-0.2, 0) is 4.79 Å². The topological polar surface area (TPSA) is 73.8 Å². The van der Waals surface area contributed by atoms with Gasteiger partial charge in [0.05, 0.1) is 5.57 Å². The van der Waals surface area contributed by atoms with E-state index in [1.807, 2.05) is 50.2 Å². The van der Waals surface area contributed by atoms with Gasteiger partial charge in [0.25, 0.3) is 5.91 Å².